The molecular weight excluding hydrogens is 482 g/mol. The lowest BCUT2D eigenvalue weighted by Gasteiger charge is -2.21. The van der Waals surface area contributed by atoms with Crippen molar-refractivity contribution in [2.24, 2.45) is 5.73 Å². The SMILES string of the molecule is C[C@@](N)(C=O)Nc1cccc(-c2cc(-c3ccc(Cl)cc3O)nc(NC(=O)c3ccoc3)c2C#N)c1. The van der Waals surface area contributed by atoms with Gasteiger partial charge in [0.05, 0.1) is 17.5 Å². The van der Waals surface area contributed by atoms with Crippen LogP contribution in [0.25, 0.3) is 22.4 Å². The summed E-state index contributed by atoms with van der Waals surface area (Å²) in [7, 11) is 0. The Balaban J connectivity index is 1.89. The molecule has 0 aliphatic heterocycles. The second kappa shape index (κ2) is 9.92. The number of amides is 1. The molecule has 0 saturated heterocycles. The number of hydrogen-bond donors (Lipinski definition) is 4. The van der Waals surface area contributed by atoms with Crippen LogP contribution in [-0.2, 0) is 4.79 Å². The van der Waals surface area contributed by atoms with Crippen molar-refractivity contribution in [3.05, 3.63) is 83.3 Å². The van der Waals surface area contributed by atoms with Crippen molar-refractivity contribution in [2.45, 2.75) is 12.6 Å². The lowest BCUT2D eigenvalue weighted by molar-refractivity contribution is -0.111. The molecule has 36 heavy (non-hydrogen) atoms. The van der Waals surface area contributed by atoms with E-state index in [4.69, 9.17) is 21.8 Å². The summed E-state index contributed by atoms with van der Waals surface area (Å²) >= 11 is 5.99. The van der Waals surface area contributed by atoms with E-state index in [2.05, 4.69) is 21.7 Å². The zero-order valence-electron chi connectivity index (χ0n) is 18.9. The number of nitrogens with one attached hydrogen (secondary N) is 2. The van der Waals surface area contributed by atoms with Gasteiger partial charge in [0.15, 0.2) is 12.1 Å². The summed E-state index contributed by atoms with van der Waals surface area (Å²) < 4.78 is 4.97. The van der Waals surface area contributed by atoms with Crippen LogP contribution in [0.15, 0.2) is 71.5 Å². The summed E-state index contributed by atoms with van der Waals surface area (Å²) in [5.41, 5.74) is 7.10. The van der Waals surface area contributed by atoms with Crippen LogP contribution in [0.5, 0.6) is 5.75 Å². The zero-order valence-corrected chi connectivity index (χ0v) is 19.7. The highest BCUT2D eigenvalue weighted by molar-refractivity contribution is 6.30. The van der Waals surface area contributed by atoms with E-state index in [1.807, 2.05) is 0 Å². The van der Waals surface area contributed by atoms with Crippen molar-refractivity contribution in [1.29, 1.82) is 5.26 Å². The van der Waals surface area contributed by atoms with Crippen molar-refractivity contribution < 1.29 is 19.1 Å². The highest BCUT2D eigenvalue weighted by Gasteiger charge is 2.21. The predicted octanol–water partition coefficient (Wildman–Crippen LogP) is 4.78. The minimum Gasteiger partial charge on any atom is -0.507 e. The number of rotatable bonds is 7. The first-order chi connectivity index (χ1) is 17.2. The molecule has 10 heteroatoms. The third-order valence-electron chi connectivity index (χ3n) is 5.21. The maximum atomic E-state index is 12.8. The molecule has 0 fully saturated rings. The van der Waals surface area contributed by atoms with Gasteiger partial charge in [0, 0.05) is 21.8 Å². The molecule has 180 valence electrons. The number of phenols is 1. The van der Waals surface area contributed by atoms with Gasteiger partial charge in [0.1, 0.15) is 29.3 Å². The molecule has 2 aromatic heterocycles. The van der Waals surface area contributed by atoms with Crippen LogP contribution in [0.1, 0.15) is 22.8 Å². The van der Waals surface area contributed by atoms with Crippen LogP contribution in [0, 0.1) is 11.3 Å². The third kappa shape index (κ3) is 5.20. The number of hydrogen-bond acceptors (Lipinski definition) is 8. The van der Waals surface area contributed by atoms with Gasteiger partial charge in [-0.2, -0.15) is 5.26 Å². The van der Waals surface area contributed by atoms with Gasteiger partial charge in [-0.3, -0.25) is 9.59 Å². The van der Waals surface area contributed by atoms with Crippen molar-refractivity contribution in [3.63, 3.8) is 0 Å². The number of nitrogens with two attached hydrogens (primary N) is 1. The van der Waals surface area contributed by atoms with E-state index in [0.717, 1.165) is 0 Å². The Bertz CT molecular complexity index is 1490. The largest absolute Gasteiger partial charge is 0.507 e. The molecule has 1 atom stereocenters. The molecule has 2 aromatic carbocycles. The molecular formula is C26H20ClN5O4. The summed E-state index contributed by atoms with van der Waals surface area (Å²) in [6, 6.07) is 16.7. The first-order valence-corrected chi connectivity index (χ1v) is 11.0. The van der Waals surface area contributed by atoms with Crippen LogP contribution < -0.4 is 16.4 Å². The average Bonchev–Trinajstić information content (AvgIpc) is 3.39. The monoisotopic (exact) mass is 501 g/mol. The number of aromatic hydroxyl groups is 1. The van der Waals surface area contributed by atoms with Crippen LogP contribution in [0.3, 0.4) is 0 Å². The van der Waals surface area contributed by atoms with E-state index in [1.54, 1.807) is 42.5 Å². The van der Waals surface area contributed by atoms with Crippen LogP contribution in [0.2, 0.25) is 5.02 Å². The van der Waals surface area contributed by atoms with E-state index in [1.165, 1.54) is 31.6 Å². The zero-order chi connectivity index (χ0) is 25.9. The average molecular weight is 502 g/mol. The molecule has 0 aliphatic carbocycles. The second-order valence-electron chi connectivity index (χ2n) is 8.12. The number of pyridine rings is 1. The van der Waals surface area contributed by atoms with Crippen LogP contribution in [0.4, 0.5) is 11.5 Å². The molecule has 0 spiro atoms. The molecule has 4 rings (SSSR count). The fraction of sp³-hybridized carbons (Fsp3) is 0.0769. The molecule has 0 radical (unpaired) electrons. The Morgan fingerprint density at radius 3 is 2.69 bits per heavy atom. The van der Waals surface area contributed by atoms with Crippen LogP contribution >= 0.6 is 11.6 Å². The van der Waals surface area contributed by atoms with Crippen molar-refractivity contribution in [2.75, 3.05) is 10.6 Å². The number of carbonyl (C=O) groups is 2. The van der Waals surface area contributed by atoms with Gasteiger partial charge in [-0.25, -0.2) is 4.98 Å². The smallest absolute Gasteiger partial charge is 0.260 e. The number of nitrogens with zero attached hydrogens (tertiary/aromatic N) is 2. The van der Waals surface area contributed by atoms with Gasteiger partial charge in [0.2, 0.25) is 0 Å². The van der Waals surface area contributed by atoms with Gasteiger partial charge in [-0.1, -0.05) is 23.7 Å². The van der Waals surface area contributed by atoms with Gasteiger partial charge in [0.25, 0.3) is 5.91 Å². The van der Waals surface area contributed by atoms with E-state index in [9.17, 15) is 20.0 Å². The summed E-state index contributed by atoms with van der Waals surface area (Å²) in [6.07, 6.45) is 3.20. The van der Waals surface area contributed by atoms with Crippen molar-refractivity contribution in [3.8, 4) is 34.2 Å². The number of benzene rings is 2. The van der Waals surface area contributed by atoms with E-state index in [0.29, 0.717) is 33.7 Å². The molecule has 5 N–H and O–H groups in total. The molecule has 0 aliphatic rings. The Kier molecular flexibility index (Phi) is 6.74. The molecule has 0 saturated carbocycles. The number of aromatic nitrogens is 1. The molecule has 2 heterocycles. The number of nitriles is 1. The quantitative estimate of drug-likeness (QED) is 0.208. The summed E-state index contributed by atoms with van der Waals surface area (Å²) in [5.74, 6) is -0.671. The third-order valence-corrected chi connectivity index (χ3v) is 5.45. The lowest BCUT2D eigenvalue weighted by atomic mass is 9.97. The van der Waals surface area contributed by atoms with Crippen molar-refractivity contribution in [1.82, 2.24) is 4.98 Å². The van der Waals surface area contributed by atoms with Gasteiger partial charge in [-0.15, -0.1) is 0 Å². The van der Waals surface area contributed by atoms with E-state index < -0.39 is 11.6 Å². The summed E-state index contributed by atoms with van der Waals surface area (Å²) in [5, 5.41) is 26.5. The Morgan fingerprint density at radius 1 is 1.22 bits per heavy atom. The van der Waals surface area contributed by atoms with Crippen LogP contribution in [-0.4, -0.2) is 27.9 Å². The standard InChI is InChI=1S/C26H20ClN5O4/c1-26(29,14-33)32-18-4-2-3-15(9-18)20-11-22(19-6-5-17(27)10-23(19)34)30-24(21(20)12-28)31-25(35)16-7-8-36-13-16/h2-11,13-14,32,34H,29H2,1H3,(H,30,31,35)/t26-/m0/s1. The van der Waals surface area contributed by atoms with Gasteiger partial charge in [-0.05, 0) is 55.0 Å². The molecule has 1 amide bonds. The molecule has 0 unspecified atom stereocenters. The maximum absolute atomic E-state index is 12.8. The number of aldehydes is 1. The van der Waals surface area contributed by atoms with Gasteiger partial charge < -0.3 is 25.9 Å². The fourth-order valence-corrected chi connectivity index (χ4v) is 3.68. The van der Waals surface area contributed by atoms with Crippen molar-refractivity contribution >= 4 is 35.3 Å². The topological polar surface area (TPSA) is 154 Å². The summed E-state index contributed by atoms with van der Waals surface area (Å²) in [4.78, 5) is 28.5. The first kappa shape index (κ1) is 24.5. The Hall–Kier alpha value is -4.65. The fourth-order valence-electron chi connectivity index (χ4n) is 3.51. The first-order valence-electron chi connectivity index (χ1n) is 10.6. The van der Waals surface area contributed by atoms with E-state index >= 15 is 0 Å². The van der Waals surface area contributed by atoms with E-state index in [-0.39, 0.29) is 28.4 Å². The molecule has 9 nitrogen and oxygen atoms in total. The number of halogens is 1. The summed E-state index contributed by atoms with van der Waals surface area (Å²) in [6.45, 7) is 1.52. The normalized spacial score (nSPS) is 12.3. The van der Waals surface area contributed by atoms with Gasteiger partial charge >= 0.3 is 0 Å². The number of carbonyl (C=O) groups excluding carboxylic acids is 2. The minimum absolute atomic E-state index is 0.0135. The number of phenolic OH excluding ortho intramolecular Hbond substituents is 1. The highest BCUT2D eigenvalue weighted by atomic mass is 35.5. The molecule has 4 aromatic rings. The second-order valence-corrected chi connectivity index (χ2v) is 8.56. The maximum Gasteiger partial charge on any atom is 0.260 e. The number of anilines is 2. The lowest BCUT2D eigenvalue weighted by Crippen LogP contribution is -2.46. The Morgan fingerprint density at radius 2 is 2.03 bits per heavy atom. The molecule has 0 bridgehead atoms. The highest BCUT2D eigenvalue weighted by Crippen LogP contribution is 2.37. The number of furan rings is 1. The Labute approximate surface area is 211 Å². The minimum atomic E-state index is -1.31. The predicted molar refractivity (Wildman–Crippen MR) is 135 cm³/mol.